The van der Waals surface area contributed by atoms with Crippen LogP contribution in [-0.2, 0) is 4.79 Å². The monoisotopic (exact) mass is 256 g/mol. The molecular weight excluding hydrogens is 244 g/mol. The Morgan fingerprint density at radius 1 is 1.56 bits per heavy atom. The number of carbonyl (C=O) groups is 2. The lowest BCUT2D eigenvalue weighted by atomic mass is 10.2. The van der Waals surface area contributed by atoms with E-state index in [0.717, 1.165) is 17.7 Å². The Labute approximate surface area is 102 Å². The number of aromatic carboxylic acids is 1. The number of hydrogen-bond acceptors (Lipinski definition) is 4. The molecule has 1 rings (SSSR count). The highest BCUT2D eigenvalue weighted by Crippen LogP contribution is 2.16. The lowest BCUT2D eigenvalue weighted by Crippen LogP contribution is -1.89. The summed E-state index contributed by atoms with van der Waals surface area (Å²) in [6.07, 6.45) is 4.63. The third-order valence-electron chi connectivity index (χ3n) is 1.73. The fourth-order valence-corrected chi connectivity index (χ4v) is 2.30. The van der Waals surface area contributed by atoms with Crippen molar-refractivity contribution in [1.82, 2.24) is 0 Å². The maximum atomic E-state index is 10.6. The van der Waals surface area contributed by atoms with Crippen LogP contribution in [0, 0.1) is 0 Å². The summed E-state index contributed by atoms with van der Waals surface area (Å²) < 4.78 is 0. The lowest BCUT2D eigenvalue weighted by Gasteiger charge is -1.90. The predicted molar refractivity (Wildman–Crippen MR) is 68.1 cm³/mol. The molecule has 1 aromatic heterocycles. The molecule has 1 aromatic rings. The number of carboxylic acid groups (broad SMARTS) is 1. The van der Waals surface area contributed by atoms with E-state index in [1.54, 1.807) is 18.4 Å². The van der Waals surface area contributed by atoms with Crippen LogP contribution in [0.4, 0.5) is 0 Å². The molecule has 0 saturated carbocycles. The van der Waals surface area contributed by atoms with Gasteiger partial charge in [-0.25, -0.2) is 4.79 Å². The maximum Gasteiger partial charge on any atom is 0.345 e. The molecule has 0 bridgehead atoms. The molecular formula is C11H12O3S2. The van der Waals surface area contributed by atoms with E-state index in [0.29, 0.717) is 4.88 Å². The molecule has 5 heteroatoms. The SMILES string of the molecule is CC(=O)SCCC=Cc1csc(C(=O)O)c1. The number of thioether (sulfide) groups is 1. The zero-order valence-electron chi connectivity index (χ0n) is 8.80. The van der Waals surface area contributed by atoms with E-state index < -0.39 is 5.97 Å². The van der Waals surface area contributed by atoms with E-state index in [1.807, 2.05) is 12.2 Å². The Morgan fingerprint density at radius 2 is 2.31 bits per heavy atom. The van der Waals surface area contributed by atoms with Crippen molar-refractivity contribution < 1.29 is 14.7 Å². The van der Waals surface area contributed by atoms with Gasteiger partial charge in [-0.2, -0.15) is 0 Å². The zero-order chi connectivity index (χ0) is 12.0. The molecule has 16 heavy (non-hydrogen) atoms. The summed E-state index contributed by atoms with van der Waals surface area (Å²) in [5.74, 6) is -0.126. The van der Waals surface area contributed by atoms with Gasteiger partial charge in [-0.05, 0) is 23.4 Å². The Morgan fingerprint density at radius 3 is 2.88 bits per heavy atom. The van der Waals surface area contributed by atoms with Gasteiger partial charge in [0.05, 0.1) is 0 Å². The molecule has 0 radical (unpaired) electrons. The third kappa shape index (κ3) is 4.63. The van der Waals surface area contributed by atoms with Crippen molar-refractivity contribution in [1.29, 1.82) is 0 Å². The molecule has 0 aliphatic rings. The second kappa shape index (κ2) is 6.50. The van der Waals surface area contributed by atoms with Crippen molar-refractivity contribution in [3.05, 3.63) is 28.0 Å². The summed E-state index contributed by atoms with van der Waals surface area (Å²) >= 11 is 2.51. The van der Waals surface area contributed by atoms with Gasteiger partial charge in [-0.1, -0.05) is 23.9 Å². The Hall–Kier alpha value is -1.07. The average molecular weight is 256 g/mol. The minimum Gasteiger partial charge on any atom is -0.477 e. The summed E-state index contributed by atoms with van der Waals surface area (Å²) in [6, 6.07) is 1.64. The van der Waals surface area contributed by atoms with Crippen LogP contribution in [0.5, 0.6) is 0 Å². The van der Waals surface area contributed by atoms with Gasteiger partial charge in [0.2, 0.25) is 0 Å². The molecule has 0 unspecified atom stereocenters. The van der Waals surface area contributed by atoms with Crippen LogP contribution in [-0.4, -0.2) is 21.9 Å². The highest BCUT2D eigenvalue weighted by molar-refractivity contribution is 8.13. The van der Waals surface area contributed by atoms with Crippen molar-refractivity contribution in [3.63, 3.8) is 0 Å². The van der Waals surface area contributed by atoms with Gasteiger partial charge < -0.3 is 5.11 Å². The average Bonchev–Trinajstić information content (AvgIpc) is 2.65. The minimum atomic E-state index is -0.892. The van der Waals surface area contributed by atoms with Crippen LogP contribution < -0.4 is 0 Å². The molecule has 0 aromatic carbocycles. The topological polar surface area (TPSA) is 54.4 Å². The van der Waals surface area contributed by atoms with Gasteiger partial charge in [0.25, 0.3) is 0 Å². The first-order valence-electron chi connectivity index (χ1n) is 4.71. The molecule has 0 saturated heterocycles. The van der Waals surface area contributed by atoms with Crippen molar-refractivity contribution in [2.45, 2.75) is 13.3 Å². The van der Waals surface area contributed by atoms with Crippen LogP contribution in [0.1, 0.15) is 28.6 Å². The number of carboxylic acids is 1. The molecule has 0 atom stereocenters. The Bertz CT molecular complexity index is 407. The normalized spacial score (nSPS) is 10.8. The summed E-state index contributed by atoms with van der Waals surface area (Å²) in [5.41, 5.74) is 0.898. The number of allylic oxidation sites excluding steroid dienone is 1. The number of rotatable bonds is 5. The highest BCUT2D eigenvalue weighted by Gasteiger charge is 2.04. The quantitative estimate of drug-likeness (QED) is 0.822. The maximum absolute atomic E-state index is 10.6. The molecule has 0 spiro atoms. The Balaban J connectivity index is 2.38. The molecule has 3 nitrogen and oxygen atoms in total. The standard InChI is InChI=1S/C11H12O3S2/c1-8(12)15-5-3-2-4-9-6-10(11(13)14)16-7-9/h2,4,6-7H,3,5H2,1H3,(H,13,14). The van der Waals surface area contributed by atoms with Crippen molar-refractivity contribution in [2.24, 2.45) is 0 Å². The van der Waals surface area contributed by atoms with Crippen molar-refractivity contribution >= 4 is 40.3 Å². The van der Waals surface area contributed by atoms with Crippen LogP contribution in [0.2, 0.25) is 0 Å². The fourth-order valence-electron chi connectivity index (χ4n) is 1.04. The zero-order valence-corrected chi connectivity index (χ0v) is 10.4. The van der Waals surface area contributed by atoms with Crippen LogP contribution in [0.3, 0.4) is 0 Å². The fraction of sp³-hybridized carbons (Fsp3) is 0.273. The number of hydrogen-bond donors (Lipinski definition) is 1. The molecule has 1 heterocycles. The van der Waals surface area contributed by atoms with E-state index in [4.69, 9.17) is 5.11 Å². The van der Waals surface area contributed by atoms with Gasteiger partial charge in [0.15, 0.2) is 5.12 Å². The van der Waals surface area contributed by atoms with Crippen molar-refractivity contribution in [2.75, 3.05) is 5.75 Å². The molecule has 0 fully saturated rings. The Kier molecular flexibility index (Phi) is 5.28. The van der Waals surface area contributed by atoms with E-state index in [9.17, 15) is 9.59 Å². The van der Waals surface area contributed by atoms with Crippen molar-refractivity contribution in [3.8, 4) is 0 Å². The first kappa shape index (κ1) is 13.0. The van der Waals surface area contributed by atoms with E-state index in [-0.39, 0.29) is 5.12 Å². The van der Waals surface area contributed by atoms with Gasteiger partial charge in [0.1, 0.15) is 4.88 Å². The van der Waals surface area contributed by atoms with Crippen LogP contribution in [0.25, 0.3) is 6.08 Å². The summed E-state index contributed by atoms with van der Waals surface area (Å²) in [6.45, 7) is 1.55. The summed E-state index contributed by atoms with van der Waals surface area (Å²) in [5, 5.41) is 10.6. The molecule has 0 aliphatic carbocycles. The lowest BCUT2D eigenvalue weighted by molar-refractivity contribution is -0.109. The van der Waals surface area contributed by atoms with Gasteiger partial charge >= 0.3 is 5.97 Å². The second-order valence-corrected chi connectivity index (χ2v) is 5.26. The number of thiophene rings is 1. The predicted octanol–water partition coefficient (Wildman–Crippen LogP) is 3.13. The summed E-state index contributed by atoms with van der Waals surface area (Å²) in [7, 11) is 0. The van der Waals surface area contributed by atoms with Gasteiger partial charge in [-0.15, -0.1) is 11.3 Å². The first-order chi connectivity index (χ1) is 7.59. The minimum absolute atomic E-state index is 0.122. The third-order valence-corrected chi connectivity index (χ3v) is 3.51. The van der Waals surface area contributed by atoms with Crippen LogP contribution >= 0.6 is 23.1 Å². The first-order valence-corrected chi connectivity index (χ1v) is 6.58. The largest absolute Gasteiger partial charge is 0.477 e. The van der Waals surface area contributed by atoms with Gasteiger partial charge in [-0.3, -0.25) is 4.79 Å². The second-order valence-electron chi connectivity index (χ2n) is 3.08. The molecule has 1 N–H and O–H groups in total. The molecule has 86 valence electrons. The molecule has 0 aliphatic heterocycles. The summed E-state index contributed by atoms with van der Waals surface area (Å²) in [4.78, 5) is 21.6. The molecule has 0 amide bonds. The van der Waals surface area contributed by atoms with Crippen LogP contribution in [0.15, 0.2) is 17.5 Å². The van der Waals surface area contributed by atoms with E-state index in [2.05, 4.69) is 0 Å². The van der Waals surface area contributed by atoms with Gasteiger partial charge in [0, 0.05) is 12.7 Å². The smallest absolute Gasteiger partial charge is 0.345 e. The van der Waals surface area contributed by atoms with E-state index >= 15 is 0 Å². The highest BCUT2D eigenvalue weighted by atomic mass is 32.2. The number of carbonyl (C=O) groups excluding carboxylic acids is 1. The van der Waals surface area contributed by atoms with E-state index in [1.165, 1.54) is 23.1 Å².